The van der Waals surface area contributed by atoms with E-state index in [2.05, 4.69) is 19.2 Å². The summed E-state index contributed by atoms with van der Waals surface area (Å²) in [7, 11) is 1.69. The number of carbonyl (C=O) groups is 1. The quantitative estimate of drug-likeness (QED) is 0.698. The van der Waals surface area contributed by atoms with Crippen molar-refractivity contribution in [2.75, 3.05) is 7.05 Å². The van der Waals surface area contributed by atoms with Crippen molar-refractivity contribution in [2.24, 2.45) is 11.3 Å². The van der Waals surface area contributed by atoms with E-state index in [1.54, 1.807) is 7.05 Å². The molecule has 1 radical (unpaired) electrons. The van der Waals surface area contributed by atoms with Gasteiger partial charge in [-0.05, 0) is 18.8 Å². The number of hydrogen-bond acceptors (Lipinski definition) is 1. The van der Waals surface area contributed by atoms with Gasteiger partial charge in [0, 0.05) is 13.0 Å². The van der Waals surface area contributed by atoms with E-state index in [-0.39, 0.29) is 17.2 Å². The van der Waals surface area contributed by atoms with E-state index in [1.807, 2.05) is 13.8 Å². The predicted octanol–water partition coefficient (Wildman–Crippen LogP) is 2.40. The second kappa shape index (κ2) is 5.25. The van der Waals surface area contributed by atoms with Crippen LogP contribution in [0.15, 0.2) is 0 Å². The van der Waals surface area contributed by atoms with E-state index in [1.165, 1.54) is 0 Å². The normalized spacial score (nSPS) is 13.9. The van der Waals surface area contributed by atoms with E-state index < -0.39 is 0 Å². The summed E-state index contributed by atoms with van der Waals surface area (Å²) in [6.07, 6.45) is 3.16. The molecule has 2 heteroatoms. The fourth-order valence-corrected chi connectivity index (χ4v) is 1.46. The molecule has 0 rings (SSSR count). The first-order chi connectivity index (χ1) is 5.93. The SMILES string of the molecule is [CH2]C(C)(C)C(CCCC)C(=O)NC. The maximum Gasteiger partial charge on any atom is 0.223 e. The molecule has 77 valence electrons. The molecule has 0 aliphatic rings. The van der Waals surface area contributed by atoms with Crippen LogP contribution in [-0.4, -0.2) is 13.0 Å². The monoisotopic (exact) mass is 184 g/mol. The summed E-state index contributed by atoms with van der Waals surface area (Å²) >= 11 is 0. The van der Waals surface area contributed by atoms with Gasteiger partial charge in [0.05, 0.1) is 0 Å². The number of unbranched alkanes of at least 4 members (excludes halogenated alkanes) is 1. The molecule has 1 amide bonds. The Kier molecular flexibility index (Phi) is 5.04. The number of amides is 1. The van der Waals surface area contributed by atoms with Gasteiger partial charge in [-0.3, -0.25) is 4.79 Å². The predicted molar refractivity (Wildman–Crippen MR) is 56.2 cm³/mol. The third-order valence-corrected chi connectivity index (χ3v) is 2.35. The zero-order chi connectivity index (χ0) is 10.5. The molecule has 2 nitrogen and oxygen atoms in total. The van der Waals surface area contributed by atoms with Gasteiger partial charge >= 0.3 is 0 Å². The molecule has 0 aliphatic heterocycles. The molecule has 0 aliphatic carbocycles. The zero-order valence-electron chi connectivity index (χ0n) is 9.31. The standard InChI is InChI=1S/C11H22NO/c1-6-7-8-9(10(13)12-5)11(2,3)4/h9H,2,6-8H2,1,3-5H3,(H,12,13). The fraction of sp³-hybridized carbons (Fsp3) is 0.818. The van der Waals surface area contributed by atoms with Crippen LogP contribution in [0.25, 0.3) is 0 Å². The molecule has 0 saturated heterocycles. The van der Waals surface area contributed by atoms with Gasteiger partial charge in [-0.1, -0.05) is 33.6 Å². The van der Waals surface area contributed by atoms with Crippen LogP contribution in [0.5, 0.6) is 0 Å². The Morgan fingerprint density at radius 2 is 2.08 bits per heavy atom. The van der Waals surface area contributed by atoms with Gasteiger partial charge in [0.2, 0.25) is 5.91 Å². The topological polar surface area (TPSA) is 29.1 Å². The Bertz CT molecular complexity index is 158. The Morgan fingerprint density at radius 1 is 1.54 bits per heavy atom. The van der Waals surface area contributed by atoms with Gasteiger partial charge in [-0.25, -0.2) is 0 Å². The Hall–Kier alpha value is -0.530. The van der Waals surface area contributed by atoms with Crippen LogP contribution in [0.1, 0.15) is 40.0 Å². The van der Waals surface area contributed by atoms with Crippen LogP contribution in [0.4, 0.5) is 0 Å². The summed E-state index contributed by atoms with van der Waals surface area (Å²) in [5.74, 6) is 0.158. The first-order valence-corrected chi connectivity index (χ1v) is 5.00. The van der Waals surface area contributed by atoms with Crippen molar-refractivity contribution >= 4 is 5.91 Å². The van der Waals surface area contributed by atoms with Gasteiger partial charge in [0.1, 0.15) is 0 Å². The molecule has 0 aromatic rings. The van der Waals surface area contributed by atoms with Crippen LogP contribution >= 0.6 is 0 Å². The Labute approximate surface area is 82.1 Å². The third kappa shape index (κ3) is 4.30. The van der Waals surface area contributed by atoms with Crippen molar-refractivity contribution < 1.29 is 4.79 Å². The lowest BCUT2D eigenvalue weighted by Crippen LogP contribution is -2.36. The fourth-order valence-electron chi connectivity index (χ4n) is 1.46. The average Bonchev–Trinajstić information content (AvgIpc) is 2.02. The molecule has 1 N–H and O–H groups in total. The van der Waals surface area contributed by atoms with Crippen molar-refractivity contribution in [1.82, 2.24) is 5.32 Å². The smallest absolute Gasteiger partial charge is 0.223 e. The molecule has 1 atom stereocenters. The highest BCUT2D eigenvalue weighted by molar-refractivity contribution is 5.79. The molecule has 0 aromatic heterocycles. The van der Waals surface area contributed by atoms with Gasteiger partial charge in [-0.15, -0.1) is 0 Å². The number of carbonyl (C=O) groups excluding carboxylic acids is 1. The number of rotatable bonds is 5. The van der Waals surface area contributed by atoms with Gasteiger partial charge in [-0.2, -0.15) is 0 Å². The second-order valence-corrected chi connectivity index (χ2v) is 4.30. The molecule has 0 spiro atoms. The first kappa shape index (κ1) is 12.5. The van der Waals surface area contributed by atoms with E-state index in [0.717, 1.165) is 19.3 Å². The molecular weight excluding hydrogens is 162 g/mol. The molecule has 0 bridgehead atoms. The summed E-state index contributed by atoms with van der Waals surface area (Å²) in [4.78, 5) is 11.5. The van der Waals surface area contributed by atoms with Crippen molar-refractivity contribution in [1.29, 1.82) is 0 Å². The summed E-state index contributed by atoms with van der Waals surface area (Å²) in [5.41, 5.74) is -0.171. The van der Waals surface area contributed by atoms with Crippen molar-refractivity contribution in [2.45, 2.75) is 40.0 Å². The Morgan fingerprint density at radius 3 is 2.38 bits per heavy atom. The maximum absolute atomic E-state index is 11.5. The maximum atomic E-state index is 11.5. The molecule has 0 aromatic carbocycles. The minimum absolute atomic E-state index is 0.0393. The molecule has 0 saturated carbocycles. The molecule has 0 fully saturated rings. The highest BCUT2D eigenvalue weighted by Gasteiger charge is 2.29. The molecular formula is C11H22NO. The summed E-state index contributed by atoms with van der Waals surface area (Å²) in [6.45, 7) is 10.2. The summed E-state index contributed by atoms with van der Waals surface area (Å²) in [6, 6.07) is 0. The van der Waals surface area contributed by atoms with Crippen LogP contribution in [0.3, 0.4) is 0 Å². The lowest BCUT2D eigenvalue weighted by Gasteiger charge is -2.28. The summed E-state index contributed by atoms with van der Waals surface area (Å²) < 4.78 is 0. The van der Waals surface area contributed by atoms with E-state index in [0.29, 0.717) is 0 Å². The third-order valence-electron chi connectivity index (χ3n) is 2.35. The molecule has 1 unspecified atom stereocenters. The van der Waals surface area contributed by atoms with Crippen LogP contribution < -0.4 is 5.32 Å². The van der Waals surface area contributed by atoms with Gasteiger partial charge < -0.3 is 5.32 Å². The van der Waals surface area contributed by atoms with Crippen LogP contribution in [0.2, 0.25) is 0 Å². The van der Waals surface area contributed by atoms with Crippen molar-refractivity contribution in [3.8, 4) is 0 Å². The van der Waals surface area contributed by atoms with E-state index in [9.17, 15) is 4.79 Å². The highest BCUT2D eigenvalue weighted by Crippen LogP contribution is 2.29. The lowest BCUT2D eigenvalue weighted by atomic mass is 9.77. The number of hydrogen-bond donors (Lipinski definition) is 1. The minimum atomic E-state index is -0.171. The number of nitrogens with one attached hydrogen (secondary N) is 1. The van der Waals surface area contributed by atoms with Crippen molar-refractivity contribution in [3.05, 3.63) is 6.92 Å². The van der Waals surface area contributed by atoms with E-state index >= 15 is 0 Å². The molecule has 0 heterocycles. The van der Waals surface area contributed by atoms with Crippen molar-refractivity contribution in [3.63, 3.8) is 0 Å². The Balaban J connectivity index is 4.28. The summed E-state index contributed by atoms with van der Waals surface area (Å²) in [5, 5.41) is 2.70. The highest BCUT2D eigenvalue weighted by atomic mass is 16.1. The van der Waals surface area contributed by atoms with Gasteiger partial charge in [0.25, 0.3) is 0 Å². The average molecular weight is 184 g/mol. The first-order valence-electron chi connectivity index (χ1n) is 5.00. The lowest BCUT2D eigenvalue weighted by molar-refractivity contribution is -0.127. The minimum Gasteiger partial charge on any atom is -0.359 e. The van der Waals surface area contributed by atoms with Gasteiger partial charge in [0.15, 0.2) is 0 Å². The van der Waals surface area contributed by atoms with E-state index in [4.69, 9.17) is 0 Å². The largest absolute Gasteiger partial charge is 0.359 e. The molecule has 13 heavy (non-hydrogen) atoms. The van der Waals surface area contributed by atoms with Crippen LogP contribution in [0, 0.1) is 18.3 Å². The zero-order valence-corrected chi connectivity index (χ0v) is 9.31. The van der Waals surface area contributed by atoms with Crippen LogP contribution in [-0.2, 0) is 4.79 Å². The second-order valence-electron chi connectivity index (χ2n) is 4.30.